The standard InChI is InChI=1S/C8H18N2O/c1-3-11-9-8-4-6-10(2)7-5-8/h8-9H,3-7H2,1-2H3. The van der Waals surface area contributed by atoms with Crippen LogP contribution in [0.5, 0.6) is 0 Å². The first-order chi connectivity index (χ1) is 5.33. The topological polar surface area (TPSA) is 24.5 Å². The van der Waals surface area contributed by atoms with Crippen LogP contribution in [0.4, 0.5) is 0 Å². The van der Waals surface area contributed by atoms with Crippen molar-refractivity contribution in [2.24, 2.45) is 0 Å². The molecular formula is C8H18N2O. The molecule has 11 heavy (non-hydrogen) atoms. The average Bonchev–Trinajstić information content (AvgIpc) is 2.04. The first-order valence-corrected chi connectivity index (χ1v) is 4.38. The van der Waals surface area contributed by atoms with Crippen molar-refractivity contribution < 1.29 is 4.84 Å². The van der Waals surface area contributed by atoms with Gasteiger partial charge in [-0.1, -0.05) is 0 Å². The van der Waals surface area contributed by atoms with E-state index in [2.05, 4.69) is 17.4 Å². The Bertz CT molecular complexity index is 97.5. The highest BCUT2D eigenvalue weighted by Gasteiger charge is 2.15. The average molecular weight is 158 g/mol. The third-order valence-corrected chi connectivity index (χ3v) is 2.11. The number of likely N-dealkylation sites (tertiary alicyclic amines) is 1. The molecule has 0 amide bonds. The summed E-state index contributed by atoms with van der Waals surface area (Å²) >= 11 is 0. The molecule has 0 aromatic heterocycles. The van der Waals surface area contributed by atoms with Crippen LogP contribution in [0.15, 0.2) is 0 Å². The van der Waals surface area contributed by atoms with Crippen molar-refractivity contribution in [3.05, 3.63) is 0 Å². The van der Waals surface area contributed by atoms with Gasteiger partial charge in [-0.2, -0.15) is 5.48 Å². The predicted octanol–water partition coefficient (Wildman–Crippen LogP) is 0.622. The summed E-state index contributed by atoms with van der Waals surface area (Å²) < 4.78 is 0. The van der Waals surface area contributed by atoms with E-state index in [1.807, 2.05) is 6.92 Å². The van der Waals surface area contributed by atoms with Crippen molar-refractivity contribution in [3.8, 4) is 0 Å². The molecule has 1 fully saturated rings. The number of nitrogens with one attached hydrogen (secondary N) is 1. The van der Waals surface area contributed by atoms with Gasteiger partial charge in [0, 0.05) is 6.04 Å². The second kappa shape index (κ2) is 4.70. The molecule has 66 valence electrons. The number of nitrogens with zero attached hydrogens (tertiary/aromatic N) is 1. The summed E-state index contributed by atoms with van der Waals surface area (Å²) in [6.45, 7) is 5.13. The molecule has 1 aliphatic rings. The largest absolute Gasteiger partial charge is 0.306 e. The fourth-order valence-electron chi connectivity index (χ4n) is 1.33. The van der Waals surface area contributed by atoms with Crippen LogP contribution in [-0.2, 0) is 4.84 Å². The number of hydroxylamine groups is 1. The van der Waals surface area contributed by atoms with Crippen molar-refractivity contribution in [2.45, 2.75) is 25.8 Å². The van der Waals surface area contributed by atoms with Crippen molar-refractivity contribution in [1.82, 2.24) is 10.4 Å². The third-order valence-electron chi connectivity index (χ3n) is 2.11. The maximum absolute atomic E-state index is 5.14. The normalized spacial score (nSPS) is 22.4. The molecule has 3 nitrogen and oxygen atoms in total. The Balaban J connectivity index is 2.07. The Morgan fingerprint density at radius 2 is 2.09 bits per heavy atom. The Labute approximate surface area is 68.7 Å². The number of rotatable bonds is 3. The molecule has 0 atom stereocenters. The van der Waals surface area contributed by atoms with E-state index in [1.54, 1.807) is 0 Å². The highest BCUT2D eigenvalue weighted by Crippen LogP contribution is 2.07. The second-order valence-electron chi connectivity index (χ2n) is 3.13. The van der Waals surface area contributed by atoms with Gasteiger partial charge in [-0.25, -0.2) is 0 Å². The summed E-state index contributed by atoms with van der Waals surface area (Å²) in [5.74, 6) is 0. The monoisotopic (exact) mass is 158 g/mol. The van der Waals surface area contributed by atoms with Gasteiger partial charge in [-0.15, -0.1) is 0 Å². The maximum Gasteiger partial charge on any atom is 0.0654 e. The van der Waals surface area contributed by atoms with Crippen molar-refractivity contribution >= 4 is 0 Å². The van der Waals surface area contributed by atoms with Crippen molar-refractivity contribution in [2.75, 3.05) is 26.7 Å². The van der Waals surface area contributed by atoms with E-state index in [9.17, 15) is 0 Å². The molecule has 1 heterocycles. The summed E-state index contributed by atoms with van der Waals surface area (Å²) in [7, 11) is 2.16. The van der Waals surface area contributed by atoms with Gasteiger partial charge in [-0.3, -0.25) is 0 Å². The number of hydrogen-bond acceptors (Lipinski definition) is 3. The fourth-order valence-corrected chi connectivity index (χ4v) is 1.33. The number of piperidine rings is 1. The minimum absolute atomic E-state index is 0.575. The van der Waals surface area contributed by atoms with Gasteiger partial charge in [-0.05, 0) is 39.9 Å². The molecule has 1 aliphatic heterocycles. The summed E-state index contributed by atoms with van der Waals surface area (Å²) in [5, 5.41) is 0. The van der Waals surface area contributed by atoms with Gasteiger partial charge in [0.1, 0.15) is 0 Å². The zero-order valence-corrected chi connectivity index (χ0v) is 7.47. The van der Waals surface area contributed by atoms with Crippen LogP contribution in [0.3, 0.4) is 0 Å². The van der Waals surface area contributed by atoms with Crippen molar-refractivity contribution in [3.63, 3.8) is 0 Å². The van der Waals surface area contributed by atoms with E-state index in [-0.39, 0.29) is 0 Å². The minimum Gasteiger partial charge on any atom is -0.306 e. The summed E-state index contributed by atoms with van der Waals surface area (Å²) in [5.41, 5.74) is 3.07. The lowest BCUT2D eigenvalue weighted by molar-refractivity contribution is 0.00880. The van der Waals surface area contributed by atoms with Gasteiger partial charge < -0.3 is 9.74 Å². The SMILES string of the molecule is CCONC1CCN(C)CC1. The van der Waals surface area contributed by atoms with E-state index >= 15 is 0 Å². The van der Waals surface area contributed by atoms with Crippen LogP contribution in [0.2, 0.25) is 0 Å². The number of hydrogen-bond donors (Lipinski definition) is 1. The zero-order valence-electron chi connectivity index (χ0n) is 7.47. The van der Waals surface area contributed by atoms with Gasteiger partial charge in [0.05, 0.1) is 6.61 Å². The Kier molecular flexibility index (Phi) is 3.83. The van der Waals surface area contributed by atoms with Gasteiger partial charge in [0.15, 0.2) is 0 Å². The van der Waals surface area contributed by atoms with E-state index < -0.39 is 0 Å². The first-order valence-electron chi connectivity index (χ1n) is 4.38. The zero-order chi connectivity index (χ0) is 8.10. The lowest BCUT2D eigenvalue weighted by atomic mass is 10.1. The summed E-state index contributed by atoms with van der Waals surface area (Å²) in [6.07, 6.45) is 2.41. The van der Waals surface area contributed by atoms with E-state index in [1.165, 1.54) is 25.9 Å². The smallest absolute Gasteiger partial charge is 0.0654 e. The molecule has 1 N–H and O–H groups in total. The molecule has 0 aliphatic carbocycles. The molecule has 1 rings (SSSR count). The van der Waals surface area contributed by atoms with Crippen LogP contribution in [0, 0.1) is 0 Å². The molecule has 0 radical (unpaired) electrons. The lowest BCUT2D eigenvalue weighted by Crippen LogP contribution is -2.40. The molecule has 0 saturated carbocycles. The molecule has 3 heteroatoms. The molecule has 0 bridgehead atoms. The summed E-state index contributed by atoms with van der Waals surface area (Å²) in [4.78, 5) is 7.49. The molecule has 0 aromatic rings. The van der Waals surface area contributed by atoms with E-state index in [0.29, 0.717) is 6.04 Å². The summed E-state index contributed by atoms with van der Waals surface area (Å²) in [6, 6.07) is 0.575. The van der Waals surface area contributed by atoms with Crippen LogP contribution in [0.25, 0.3) is 0 Å². The van der Waals surface area contributed by atoms with Gasteiger partial charge >= 0.3 is 0 Å². The van der Waals surface area contributed by atoms with Crippen molar-refractivity contribution in [1.29, 1.82) is 0 Å². The third kappa shape index (κ3) is 3.18. The van der Waals surface area contributed by atoms with Crippen LogP contribution in [0.1, 0.15) is 19.8 Å². The predicted molar refractivity (Wildman–Crippen MR) is 45.3 cm³/mol. The minimum atomic E-state index is 0.575. The van der Waals surface area contributed by atoms with Crippen LogP contribution < -0.4 is 5.48 Å². The molecule has 0 spiro atoms. The second-order valence-corrected chi connectivity index (χ2v) is 3.13. The molecule has 0 unspecified atom stereocenters. The molecule has 1 saturated heterocycles. The highest BCUT2D eigenvalue weighted by atomic mass is 16.6. The molecule has 0 aromatic carbocycles. The van der Waals surface area contributed by atoms with Crippen LogP contribution in [-0.4, -0.2) is 37.7 Å². The quantitative estimate of drug-likeness (QED) is 0.609. The lowest BCUT2D eigenvalue weighted by Gasteiger charge is -2.28. The highest BCUT2D eigenvalue weighted by molar-refractivity contribution is 4.72. The Hall–Kier alpha value is -0.120. The maximum atomic E-state index is 5.14. The Morgan fingerprint density at radius 3 is 2.64 bits per heavy atom. The van der Waals surface area contributed by atoms with E-state index in [0.717, 1.165) is 6.61 Å². The van der Waals surface area contributed by atoms with Crippen LogP contribution >= 0.6 is 0 Å². The molecular weight excluding hydrogens is 140 g/mol. The fraction of sp³-hybridized carbons (Fsp3) is 1.00. The Morgan fingerprint density at radius 1 is 1.45 bits per heavy atom. The van der Waals surface area contributed by atoms with Gasteiger partial charge in [0.2, 0.25) is 0 Å². The van der Waals surface area contributed by atoms with E-state index in [4.69, 9.17) is 4.84 Å². The van der Waals surface area contributed by atoms with Gasteiger partial charge in [0.25, 0.3) is 0 Å². The first kappa shape index (κ1) is 8.97.